The lowest BCUT2D eigenvalue weighted by atomic mass is 9.83. The van der Waals surface area contributed by atoms with Crippen LogP contribution in [-0.4, -0.2) is 30.1 Å². The van der Waals surface area contributed by atoms with Gasteiger partial charge in [-0.25, -0.2) is 4.79 Å². The van der Waals surface area contributed by atoms with E-state index in [2.05, 4.69) is 14.7 Å². The van der Waals surface area contributed by atoms with E-state index < -0.39 is 29.6 Å². The second kappa shape index (κ2) is 4.44. The van der Waals surface area contributed by atoms with Crippen LogP contribution in [0.4, 0.5) is 13.2 Å². The highest BCUT2D eigenvalue weighted by molar-refractivity contribution is 5.97. The summed E-state index contributed by atoms with van der Waals surface area (Å²) in [6.45, 7) is 6.39. The number of carbonyl (C=O) groups excluding carboxylic acids is 1. The summed E-state index contributed by atoms with van der Waals surface area (Å²) in [7, 11) is 0. The fourth-order valence-electron chi connectivity index (χ4n) is 1.46. The Labute approximate surface area is 103 Å². The summed E-state index contributed by atoms with van der Waals surface area (Å²) in [5, 5.41) is 3.43. The summed E-state index contributed by atoms with van der Waals surface area (Å²) in [4.78, 5) is 16.0. The van der Waals surface area contributed by atoms with Crippen LogP contribution < -0.4 is 0 Å². The minimum Gasteiger partial charge on any atom is -0.463 e. The van der Waals surface area contributed by atoms with Gasteiger partial charge in [0.1, 0.15) is 0 Å². The maximum absolute atomic E-state index is 13.1. The van der Waals surface area contributed by atoms with Crippen LogP contribution in [0.25, 0.3) is 0 Å². The van der Waals surface area contributed by atoms with Gasteiger partial charge in [0, 0.05) is 5.41 Å². The molecule has 0 aromatic carbocycles. The molecule has 1 rings (SSSR count). The van der Waals surface area contributed by atoms with E-state index in [1.54, 1.807) is 20.8 Å². The molecule has 0 aromatic heterocycles. The van der Waals surface area contributed by atoms with Gasteiger partial charge in [0.25, 0.3) is 0 Å². The van der Waals surface area contributed by atoms with Crippen LogP contribution in [0.2, 0.25) is 0 Å². The standard InChI is InChI=1S/C11H16F3NO3/c1-5-17-8(16)10(11(12,13)14)6-7(15-18-10)9(2,3)4/h5-6H2,1-4H3. The summed E-state index contributed by atoms with van der Waals surface area (Å²) in [6.07, 6.45) is -5.49. The third-order valence-electron chi connectivity index (χ3n) is 2.66. The lowest BCUT2D eigenvalue weighted by molar-refractivity contribution is -0.269. The van der Waals surface area contributed by atoms with Crippen molar-refractivity contribution in [1.29, 1.82) is 0 Å². The molecule has 0 bridgehead atoms. The van der Waals surface area contributed by atoms with Crippen molar-refractivity contribution in [3.05, 3.63) is 0 Å². The van der Waals surface area contributed by atoms with E-state index in [0.29, 0.717) is 0 Å². The average molecular weight is 267 g/mol. The Morgan fingerprint density at radius 1 is 1.44 bits per heavy atom. The molecule has 0 aliphatic carbocycles. The highest BCUT2D eigenvalue weighted by Crippen LogP contribution is 2.43. The van der Waals surface area contributed by atoms with E-state index in [0.717, 1.165) is 0 Å². The average Bonchev–Trinajstić information content (AvgIpc) is 2.61. The minimum atomic E-state index is -4.87. The molecule has 0 N–H and O–H groups in total. The highest BCUT2D eigenvalue weighted by Gasteiger charge is 2.68. The molecule has 4 nitrogen and oxygen atoms in total. The van der Waals surface area contributed by atoms with Gasteiger partial charge in [-0.2, -0.15) is 13.2 Å². The number of rotatable bonds is 2. The fourth-order valence-corrected chi connectivity index (χ4v) is 1.46. The first-order valence-corrected chi connectivity index (χ1v) is 5.54. The number of hydrogen-bond donors (Lipinski definition) is 0. The van der Waals surface area contributed by atoms with Crippen LogP contribution in [0, 0.1) is 5.41 Å². The second-order valence-electron chi connectivity index (χ2n) is 5.10. The van der Waals surface area contributed by atoms with Gasteiger partial charge < -0.3 is 9.57 Å². The smallest absolute Gasteiger partial charge is 0.442 e. The summed E-state index contributed by atoms with van der Waals surface area (Å²) in [5.74, 6) is -1.44. The molecule has 1 atom stereocenters. The molecule has 0 saturated carbocycles. The number of carbonyl (C=O) groups is 1. The van der Waals surface area contributed by atoms with Crippen LogP contribution in [0.15, 0.2) is 5.16 Å². The zero-order valence-electron chi connectivity index (χ0n) is 10.7. The van der Waals surface area contributed by atoms with E-state index in [4.69, 9.17) is 0 Å². The van der Waals surface area contributed by atoms with E-state index >= 15 is 0 Å². The van der Waals surface area contributed by atoms with Gasteiger partial charge in [-0.05, 0) is 6.92 Å². The number of nitrogens with zero attached hydrogens (tertiary/aromatic N) is 1. The van der Waals surface area contributed by atoms with E-state index in [9.17, 15) is 18.0 Å². The Bertz CT molecular complexity index is 371. The maximum atomic E-state index is 13.1. The molecule has 0 spiro atoms. The summed E-state index contributed by atoms with van der Waals surface area (Å²) < 4.78 is 43.6. The largest absolute Gasteiger partial charge is 0.463 e. The van der Waals surface area contributed by atoms with Gasteiger partial charge >= 0.3 is 17.7 Å². The van der Waals surface area contributed by atoms with Crippen molar-refractivity contribution in [3.8, 4) is 0 Å². The van der Waals surface area contributed by atoms with Crippen LogP contribution in [0.1, 0.15) is 34.1 Å². The number of oxime groups is 1. The molecule has 1 unspecified atom stereocenters. The van der Waals surface area contributed by atoms with Crippen molar-refractivity contribution in [3.63, 3.8) is 0 Å². The molecule has 1 heterocycles. The molecule has 0 fully saturated rings. The van der Waals surface area contributed by atoms with Gasteiger partial charge in [0.05, 0.1) is 18.7 Å². The fraction of sp³-hybridized carbons (Fsp3) is 0.818. The van der Waals surface area contributed by atoms with Gasteiger partial charge in [0.15, 0.2) is 0 Å². The van der Waals surface area contributed by atoms with Crippen LogP contribution >= 0.6 is 0 Å². The zero-order chi connectivity index (χ0) is 14.2. The first-order valence-electron chi connectivity index (χ1n) is 5.54. The molecule has 104 valence electrons. The number of alkyl halides is 3. The van der Waals surface area contributed by atoms with Gasteiger partial charge in [0.2, 0.25) is 0 Å². The van der Waals surface area contributed by atoms with Gasteiger partial charge in [-0.15, -0.1) is 0 Å². The van der Waals surface area contributed by atoms with E-state index in [1.807, 2.05) is 0 Å². The molecule has 1 aliphatic rings. The molecule has 0 aromatic rings. The van der Waals surface area contributed by atoms with Crippen LogP contribution in [-0.2, 0) is 14.4 Å². The van der Waals surface area contributed by atoms with Crippen LogP contribution in [0.5, 0.6) is 0 Å². The normalized spacial score (nSPS) is 24.5. The Kier molecular flexibility index (Phi) is 3.65. The molecular weight excluding hydrogens is 251 g/mol. The minimum absolute atomic E-state index is 0.148. The Hall–Kier alpha value is -1.27. The predicted octanol–water partition coefficient (Wildman–Crippen LogP) is 2.67. The molecule has 0 radical (unpaired) electrons. The van der Waals surface area contributed by atoms with E-state index in [-0.39, 0.29) is 12.3 Å². The van der Waals surface area contributed by atoms with Gasteiger partial charge in [-0.3, -0.25) is 0 Å². The first-order chi connectivity index (χ1) is 8.04. The third-order valence-corrected chi connectivity index (χ3v) is 2.66. The maximum Gasteiger partial charge on any atom is 0.442 e. The van der Waals surface area contributed by atoms with Crippen molar-refractivity contribution < 1.29 is 27.5 Å². The Morgan fingerprint density at radius 3 is 2.33 bits per heavy atom. The van der Waals surface area contributed by atoms with Crippen LogP contribution in [0.3, 0.4) is 0 Å². The molecule has 1 aliphatic heterocycles. The first kappa shape index (κ1) is 14.8. The molecule has 18 heavy (non-hydrogen) atoms. The van der Waals surface area contributed by atoms with E-state index in [1.165, 1.54) is 6.92 Å². The lowest BCUT2D eigenvalue weighted by Crippen LogP contribution is -2.53. The number of halogens is 3. The zero-order valence-corrected chi connectivity index (χ0v) is 10.7. The number of hydrogen-bond acceptors (Lipinski definition) is 4. The molecule has 0 saturated heterocycles. The predicted molar refractivity (Wildman–Crippen MR) is 58.0 cm³/mol. The highest BCUT2D eigenvalue weighted by atomic mass is 19.4. The Balaban J connectivity index is 3.05. The number of esters is 1. The topological polar surface area (TPSA) is 47.9 Å². The molecule has 7 heteroatoms. The van der Waals surface area contributed by atoms with Crippen molar-refractivity contribution in [1.82, 2.24) is 0 Å². The third kappa shape index (κ3) is 2.44. The summed E-state index contributed by atoms with van der Waals surface area (Å²) >= 11 is 0. The van der Waals surface area contributed by atoms with Gasteiger partial charge in [-0.1, -0.05) is 25.9 Å². The SMILES string of the molecule is CCOC(=O)C1(C(F)(F)F)CC(C(C)(C)C)=NO1. The monoisotopic (exact) mass is 267 g/mol. The van der Waals surface area contributed by atoms with Crippen molar-refractivity contribution in [2.24, 2.45) is 10.6 Å². The number of ether oxygens (including phenoxy) is 1. The second-order valence-corrected chi connectivity index (χ2v) is 5.10. The molecule has 0 amide bonds. The summed E-state index contributed by atoms with van der Waals surface area (Å²) in [6, 6.07) is 0. The molecular formula is C11H16F3NO3. The van der Waals surface area contributed by atoms with Crippen molar-refractivity contribution in [2.45, 2.75) is 45.9 Å². The van der Waals surface area contributed by atoms with Crippen molar-refractivity contribution in [2.75, 3.05) is 6.61 Å². The van der Waals surface area contributed by atoms with Crippen molar-refractivity contribution >= 4 is 11.7 Å². The quantitative estimate of drug-likeness (QED) is 0.723. The Morgan fingerprint density at radius 2 is 2.00 bits per heavy atom. The summed E-state index contributed by atoms with van der Waals surface area (Å²) in [5.41, 5.74) is -3.40. The lowest BCUT2D eigenvalue weighted by Gasteiger charge is -2.27.